The molecule has 1 aliphatic rings. The lowest BCUT2D eigenvalue weighted by Gasteiger charge is -2.18. The van der Waals surface area contributed by atoms with Gasteiger partial charge in [-0.2, -0.15) is 0 Å². The Kier molecular flexibility index (Phi) is 7.06. The van der Waals surface area contributed by atoms with Crippen molar-refractivity contribution in [3.63, 3.8) is 0 Å². The lowest BCUT2D eigenvalue weighted by molar-refractivity contribution is -0.117. The molecule has 0 spiro atoms. The van der Waals surface area contributed by atoms with Crippen molar-refractivity contribution in [2.24, 2.45) is 0 Å². The average molecular weight is 349 g/mol. The number of methoxy groups -OCH3 is 1. The first-order valence-electron chi connectivity index (χ1n) is 8.60. The molecule has 1 fully saturated rings. The highest BCUT2D eigenvalue weighted by Crippen LogP contribution is 2.25. The van der Waals surface area contributed by atoms with Gasteiger partial charge in [0.25, 0.3) is 0 Å². The van der Waals surface area contributed by atoms with E-state index < -0.39 is 0 Å². The first-order valence-corrected chi connectivity index (χ1v) is 8.60. The molecule has 1 aliphatic heterocycles. The van der Waals surface area contributed by atoms with E-state index in [1.807, 2.05) is 38.1 Å². The van der Waals surface area contributed by atoms with Crippen LogP contribution >= 0.6 is 0 Å². The minimum atomic E-state index is -0.255. The van der Waals surface area contributed by atoms with Gasteiger partial charge >= 0.3 is 6.03 Å². The van der Waals surface area contributed by atoms with E-state index >= 15 is 0 Å². The van der Waals surface area contributed by atoms with Gasteiger partial charge in [-0.15, -0.1) is 0 Å². The van der Waals surface area contributed by atoms with Gasteiger partial charge in [-0.05, 0) is 32.4 Å². The van der Waals surface area contributed by atoms with Crippen molar-refractivity contribution in [1.82, 2.24) is 10.6 Å². The van der Waals surface area contributed by atoms with Crippen LogP contribution in [0.4, 0.5) is 10.5 Å². The van der Waals surface area contributed by atoms with Crippen LogP contribution < -0.4 is 20.3 Å². The van der Waals surface area contributed by atoms with Crippen LogP contribution in [-0.2, 0) is 9.53 Å². The number of rotatable bonds is 8. The standard InChI is InChI=1S/C18H27N3O4/c1-13(2)25-9-5-8-19-18(23)20-14-10-17(22)21(12-14)15-6-4-7-16(11-15)24-3/h4,6-7,11,13-14H,5,8-10,12H2,1-3H3,(H2,19,20,23). The molecular formula is C18H27N3O4. The van der Waals surface area contributed by atoms with Crippen molar-refractivity contribution in [3.8, 4) is 5.75 Å². The van der Waals surface area contributed by atoms with E-state index in [0.29, 0.717) is 31.9 Å². The molecule has 2 N–H and O–H groups in total. The van der Waals surface area contributed by atoms with Gasteiger partial charge in [-0.3, -0.25) is 4.79 Å². The van der Waals surface area contributed by atoms with Crippen molar-refractivity contribution < 1.29 is 19.1 Å². The smallest absolute Gasteiger partial charge is 0.315 e. The Hall–Kier alpha value is -2.28. The fourth-order valence-electron chi connectivity index (χ4n) is 2.66. The number of benzene rings is 1. The highest BCUT2D eigenvalue weighted by molar-refractivity contribution is 5.97. The second kappa shape index (κ2) is 9.27. The third kappa shape index (κ3) is 5.94. The largest absolute Gasteiger partial charge is 0.497 e. The molecule has 1 unspecified atom stereocenters. The van der Waals surface area contributed by atoms with E-state index in [2.05, 4.69) is 10.6 Å². The lowest BCUT2D eigenvalue weighted by Crippen LogP contribution is -2.43. The summed E-state index contributed by atoms with van der Waals surface area (Å²) in [4.78, 5) is 25.8. The number of nitrogens with zero attached hydrogens (tertiary/aromatic N) is 1. The maximum Gasteiger partial charge on any atom is 0.315 e. The fraction of sp³-hybridized carbons (Fsp3) is 0.556. The SMILES string of the molecule is COc1cccc(N2CC(NC(=O)NCCCOC(C)C)CC2=O)c1. The maximum atomic E-state index is 12.2. The Morgan fingerprint density at radius 2 is 2.20 bits per heavy atom. The Morgan fingerprint density at radius 1 is 1.40 bits per heavy atom. The number of amides is 3. The number of carbonyl (C=O) groups excluding carboxylic acids is 2. The van der Waals surface area contributed by atoms with E-state index in [4.69, 9.17) is 9.47 Å². The zero-order valence-electron chi connectivity index (χ0n) is 15.1. The normalized spacial score (nSPS) is 17.0. The summed E-state index contributed by atoms with van der Waals surface area (Å²) in [6.45, 7) is 5.56. The Labute approximate surface area is 148 Å². The zero-order valence-corrected chi connectivity index (χ0v) is 15.1. The predicted octanol–water partition coefficient (Wildman–Crippen LogP) is 1.91. The molecule has 1 aromatic rings. The summed E-state index contributed by atoms with van der Waals surface area (Å²) in [5, 5.41) is 5.64. The molecule has 2 rings (SSSR count). The molecule has 7 nitrogen and oxygen atoms in total. The minimum absolute atomic E-state index is 0.0103. The van der Waals surface area contributed by atoms with Gasteiger partial charge < -0.3 is 25.0 Å². The number of anilines is 1. The topological polar surface area (TPSA) is 79.9 Å². The number of carbonyl (C=O) groups is 2. The van der Waals surface area contributed by atoms with E-state index in [1.165, 1.54) is 0 Å². The minimum Gasteiger partial charge on any atom is -0.497 e. The number of ether oxygens (including phenoxy) is 2. The van der Waals surface area contributed by atoms with Crippen LogP contribution in [-0.4, -0.2) is 50.9 Å². The summed E-state index contributed by atoms with van der Waals surface area (Å²) >= 11 is 0. The van der Waals surface area contributed by atoms with Gasteiger partial charge in [0.2, 0.25) is 5.91 Å². The molecule has 1 saturated heterocycles. The molecule has 0 aliphatic carbocycles. The number of urea groups is 1. The first kappa shape index (κ1) is 19.1. The Bertz CT molecular complexity index is 591. The molecule has 1 aromatic carbocycles. The van der Waals surface area contributed by atoms with E-state index in [0.717, 1.165) is 12.1 Å². The van der Waals surface area contributed by atoms with Crippen molar-refractivity contribution in [2.75, 3.05) is 31.7 Å². The summed E-state index contributed by atoms with van der Waals surface area (Å²) in [7, 11) is 1.59. The van der Waals surface area contributed by atoms with Crippen molar-refractivity contribution in [2.45, 2.75) is 38.8 Å². The van der Waals surface area contributed by atoms with Crippen molar-refractivity contribution >= 4 is 17.6 Å². The van der Waals surface area contributed by atoms with Gasteiger partial charge in [-0.25, -0.2) is 4.79 Å². The summed E-state index contributed by atoms with van der Waals surface area (Å²) in [6, 6.07) is 6.89. The lowest BCUT2D eigenvalue weighted by atomic mass is 10.2. The van der Waals surface area contributed by atoms with Crippen LogP contribution in [0.1, 0.15) is 26.7 Å². The second-order valence-corrected chi connectivity index (χ2v) is 6.28. The Balaban J connectivity index is 1.77. The van der Waals surface area contributed by atoms with E-state index in [1.54, 1.807) is 12.0 Å². The van der Waals surface area contributed by atoms with Crippen LogP contribution in [0.25, 0.3) is 0 Å². The molecule has 0 bridgehead atoms. The van der Waals surface area contributed by atoms with E-state index in [-0.39, 0.29) is 24.1 Å². The van der Waals surface area contributed by atoms with Gasteiger partial charge in [0, 0.05) is 37.9 Å². The maximum absolute atomic E-state index is 12.2. The average Bonchev–Trinajstić information content (AvgIpc) is 2.94. The van der Waals surface area contributed by atoms with Crippen LogP contribution in [0.3, 0.4) is 0 Å². The van der Waals surface area contributed by atoms with Crippen LogP contribution in [0.15, 0.2) is 24.3 Å². The number of hydrogen-bond donors (Lipinski definition) is 2. The molecule has 25 heavy (non-hydrogen) atoms. The predicted molar refractivity (Wildman–Crippen MR) is 96.0 cm³/mol. The second-order valence-electron chi connectivity index (χ2n) is 6.28. The number of hydrogen-bond acceptors (Lipinski definition) is 4. The summed E-state index contributed by atoms with van der Waals surface area (Å²) in [6.07, 6.45) is 1.24. The van der Waals surface area contributed by atoms with Gasteiger partial charge in [-0.1, -0.05) is 6.07 Å². The monoisotopic (exact) mass is 349 g/mol. The molecule has 0 saturated carbocycles. The quantitative estimate of drug-likeness (QED) is 0.703. The third-order valence-electron chi connectivity index (χ3n) is 3.88. The molecule has 3 amide bonds. The first-order chi connectivity index (χ1) is 12.0. The zero-order chi connectivity index (χ0) is 18.2. The molecule has 0 radical (unpaired) electrons. The molecule has 0 aromatic heterocycles. The van der Waals surface area contributed by atoms with Crippen LogP contribution in [0.5, 0.6) is 5.75 Å². The van der Waals surface area contributed by atoms with Crippen molar-refractivity contribution in [3.05, 3.63) is 24.3 Å². The molecule has 1 heterocycles. The van der Waals surface area contributed by atoms with Crippen molar-refractivity contribution in [1.29, 1.82) is 0 Å². The summed E-state index contributed by atoms with van der Waals surface area (Å²) in [5.74, 6) is 0.687. The highest BCUT2D eigenvalue weighted by Gasteiger charge is 2.31. The molecular weight excluding hydrogens is 322 g/mol. The number of nitrogens with one attached hydrogen (secondary N) is 2. The molecule has 1 atom stereocenters. The Morgan fingerprint density at radius 3 is 2.92 bits per heavy atom. The third-order valence-corrected chi connectivity index (χ3v) is 3.88. The van der Waals surface area contributed by atoms with Crippen LogP contribution in [0.2, 0.25) is 0 Å². The summed E-state index contributed by atoms with van der Waals surface area (Å²) in [5.41, 5.74) is 0.778. The molecule has 138 valence electrons. The van der Waals surface area contributed by atoms with Gasteiger partial charge in [0.1, 0.15) is 5.75 Å². The van der Waals surface area contributed by atoms with Crippen LogP contribution in [0, 0.1) is 0 Å². The fourth-order valence-corrected chi connectivity index (χ4v) is 2.66. The van der Waals surface area contributed by atoms with E-state index in [9.17, 15) is 9.59 Å². The summed E-state index contributed by atoms with van der Waals surface area (Å²) < 4.78 is 10.6. The highest BCUT2D eigenvalue weighted by atomic mass is 16.5. The molecule has 7 heteroatoms. The van der Waals surface area contributed by atoms with Gasteiger partial charge in [0.05, 0.1) is 19.3 Å². The van der Waals surface area contributed by atoms with Gasteiger partial charge in [0.15, 0.2) is 0 Å².